The molecule has 1 unspecified atom stereocenters. The number of hydrogen-bond acceptors (Lipinski definition) is 3. The fraction of sp³-hybridized carbons (Fsp3) is 0.500. The number of rotatable bonds is 4. The molecule has 0 aliphatic rings. The van der Waals surface area contributed by atoms with Crippen LogP contribution < -0.4 is 10.5 Å². The summed E-state index contributed by atoms with van der Waals surface area (Å²) in [6, 6.07) is 3.39. The number of nitrogens with zero attached hydrogens (tertiary/aromatic N) is 1. The van der Waals surface area contributed by atoms with Gasteiger partial charge in [-0.1, -0.05) is 6.92 Å². The van der Waals surface area contributed by atoms with E-state index in [9.17, 15) is 4.39 Å². The molecule has 0 spiro atoms. The molecule has 4 heteroatoms. The summed E-state index contributed by atoms with van der Waals surface area (Å²) in [4.78, 5) is 3.98. The highest BCUT2D eigenvalue weighted by Gasteiger charge is 2.32. The summed E-state index contributed by atoms with van der Waals surface area (Å²) in [6.07, 6.45) is 1.83. The van der Waals surface area contributed by atoms with Crippen LogP contribution in [0.2, 0.25) is 0 Å². The second kappa shape index (κ2) is 4.37. The fourth-order valence-electron chi connectivity index (χ4n) is 1.30. The van der Waals surface area contributed by atoms with Crippen LogP contribution in [0.3, 0.4) is 0 Å². The Morgan fingerprint density at radius 1 is 1.64 bits per heavy atom. The molecule has 0 radical (unpaired) electrons. The average Bonchev–Trinajstić information content (AvgIpc) is 2.28. The van der Waals surface area contributed by atoms with Gasteiger partial charge in [0.2, 0.25) is 0 Å². The van der Waals surface area contributed by atoms with Crippen LogP contribution in [-0.2, 0) is 5.67 Å². The number of halogens is 1. The third kappa shape index (κ3) is 1.85. The van der Waals surface area contributed by atoms with E-state index in [-0.39, 0.29) is 18.7 Å². The van der Waals surface area contributed by atoms with Crippen LogP contribution in [0.5, 0.6) is 5.75 Å². The summed E-state index contributed by atoms with van der Waals surface area (Å²) in [5.41, 5.74) is 4.10. The molecule has 78 valence electrons. The van der Waals surface area contributed by atoms with Crippen LogP contribution in [0, 0.1) is 0 Å². The highest BCUT2D eigenvalue weighted by Crippen LogP contribution is 2.33. The van der Waals surface area contributed by atoms with Crippen molar-refractivity contribution in [2.45, 2.75) is 19.0 Å². The van der Waals surface area contributed by atoms with Gasteiger partial charge in [0, 0.05) is 12.7 Å². The number of alkyl halides is 1. The Morgan fingerprint density at radius 3 is 2.86 bits per heavy atom. The minimum atomic E-state index is -1.59. The summed E-state index contributed by atoms with van der Waals surface area (Å²) in [7, 11) is 1.49. The standard InChI is InChI=1S/C10H15FN2O/c1-3-10(11,7-12)9-8(14-2)5-4-6-13-9/h4-6H,3,7,12H2,1-2H3. The first-order chi connectivity index (χ1) is 6.68. The average molecular weight is 198 g/mol. The van der Waals surface area contributed by atoms with E-state index in [1.807, 2.05) is 0 Å². The SMILES string of the molecule is CCC(F)(CN)c1ncccc1OC. The molecular formula is C10H15FN2O. The van der Waals surface area contributed by atoms with E-state index in [0.29, 0.717) is 5.75 Å². The second-order valence-corrected chi connectivity index (χ2v) is 3.08. The molecule has 1 rings (SSSR count). The molecule has 0 saturated heterocycles. The zero-order valence-electron chi connectivity index (χ0n) is 8.46. The van der Waals surface area contributed by atoms with Gasteiger partial charge in [-0.3, -0.25) is 4.98 Å². The number of pyridine rings is 1. The van der Waals surface area contributed by atoms with E-state index in [1.165, 1.54) is 13.3 Å². The van der Waals surface area contributed by atoms with Crippen molar-refractivity contribution in [3.8, 4) is 5.75 Å². The van der Waals surface area contributed by atoms with E-state index in [1.54, 1.807) is 19.1 Å². The van der Waals surface area contributed by atoms with E-state index in [0.717, 1.165) is 0 Å². The molecule has 0 aromatic carbocycles. The number of nitrogens with two attached hydrogens (primary N) is 1. The molecular weight excluding hydrogens is 183 g/mol. The maximum Gasteiger partial charge on any atom is 0.168 e. The third-order valence-corrected chi connectivity index (χ3v) is 2.30. The summed E-state index contributed by atoms with van der Waals surface area (Å²) < 4.78 is 19.2. The quantitative estimate of drug-likeness (QED) is 0.799. The molecule has 14 heavy (non-hydrogen) atoms. The molecule has 0 fully saturated rings. The van der Waals surface area contributed by atoms with Gasteiger partial charge in [-0.2, -0.15) is 0 Å². The maximum absolute atomic E-state index is 14.2. The molecule has 0 aliphatic heterocycles. The molecule has 0 bridgehead atoms. The molecule has 3 nitrogen and oxygen atoms in total. The van der Waals surface area contributed by atoms with Crippen molar-refractivity contribution >= 4 is 0 Å². The summed E-state index contributed by atoms with van der Waals surface area (Å²) in [5, 5.41) is 0. The van der Waals surface area contributed by atoms with E-state index in [2.05, 4.69) is 4.98 Å². The van der Waals surface area contributed by atoms with Gasteiger partial charge in [-0.05, 0) is 18.6 Å². The third-order valence-electron chi connectivity index (χ3n) is 2.30. The minimum absolute atomic E-state index is 0.0864. The van der Waals surface area contributed by atoms with Crippen molar-refractivity contribution in [1.29, 1.82) is 0 Å². The lowest BCUT2D eigenvalue weighted by Crippen LogP contribution is -2.31. The van der Waals surface area contributed by atoms with Gasteiger partial charge < -0.3 is 10.5 Å². The zero-order chi connectivity index (χ0) is 10.6. The first kappa shape index (κ1) is 10.9. The number of aromatic nitrogens is 1. The van der Waals surface area contributed by atoms with Crippen LogP contribution >= 0.6 is 0 Å². The molecule has 0 aliphatic carbocycles. The van der Waals surface area contributed by atoms with Crippen LogP contribution in [0.15, 0.2) is 18.3 Å². The van der Waals surface area contributed by atoms with Gasteiger partial charge in [0.05, 0.1) is 7.11 Å². The molecule has 1 atom stereocenters. The van der Waals surface area contributed by atoms with Gasteiger partial charge in [-0.25, -0.2) is 4.39 Å². The monoisotopic (exact) mass is 198 g/mol. The van der Waals surface area contributed by atoms with Crippen LogP contribution in [0.1, 0.15) is 19.0 Å². The van der Waals surface area contributed by atoms with Crippen molar-refractivity contribution in [3.05, 3.63) is 24.0 Å². The predicted octanol–water partition coefficient (Wildman–Crippen LogP) is 1.62. The molecule has 1 aromatic rings. The Kier molecular flexibility index (Phi) is 3.41. The lowest BCUT2D eigenvalue weighted by molar-refractivity contribution is 0.156. The van der Waals surface area contributed by atoms with E-state index in [4.69, 9.17) is 10.5 Å². The van der Waals surface area contributed by atoms with Crippen LogP contribution in [0.4, 0.5) is 4.39 Å². The highest BCUT2D eigenvalue weighted by atomic mass is 19.1. The largest absolute Gasteiger partial charge is 0.495 e. The normalized spacial score (nSPS) is 14.9. The van der Waals surface area contributed by atoms with E-state index >= 15 is 0 Å². The fourth-order valence-corrected chi connectivity index (χ4v) is 1.30. The predicted molar refractivity (Wildman–Crippen MR) is 52.9 cm³/mol. The van der Waals surface area contributed by atoms with Gasteiger partial charge in [0.1, 0.15) is 11.4 Å². The summed E-state index contributed by atoms with van der Waals surface area (Å²) in [6.45, 7) is 1.65. The molecule has 0 saturated carbocycles. The number of ether oxygens (including phenoxy) is 1. The number of methoxy groups -OCH3 is 1. The van der Waals surface area contributed by atoms with Crippen LogP contribution in [-0.4, -0.2) is 18.6 Å². The Morgan fingerprint density at radius 2 is 2.36 bits per heavy atom. The first-order valence-corrected chi connectivity index (χ1v) is 4.56. The molecule has 1 heterocycles. The van der Waals surface area contributed by atoms with Crippen molar-refractivity contribution < 1.29 is 9.13 Å². The first-order valence-electron chi connectivity index (χ1n) is 4.56. The summed E-state index contributed by atoms with van der Waals surface area (Å²) in [5.74, 6) is 0.447. The van der Waals surface area contributed by atoms with Crippen LogP contribution in [0.25, 0.3) is 0 Å². The molecule has 0 amide bonds. The Balaban J connectivity index is 3.15. The lowest BCUT2D eigenvalue weighted by atomic mass is 9.97. The smallest absolute Gasteiger partial charge is 0.168 e. The minimum Gasteiger partial charge on any atom is -0.495 e. The Hall–Kier alpha value is -1.16. The van der Waals surface area contributed by atoms with Crippen molar-refractivity contribution in [2.24, 2.45) is 5.73 Å². The van der Waals surface area contributed by atoms with Gasteiger partial charge in [-0.15, -0.1) is 0 Å². The van der Waals surface area contributed by atoms with Crippen molar-refractivity contribution in [2.75, 3.05) is 13.7 Å². The molecule has 2 N–H and O–H groups in total. The van der Waals surface area contributed by atoms with Gasteiger partial charge in [0.25, 0.3) is 0 Å². The van der Waals surface area contributed by atoms with Gasteiger partial charge >= 0.3 is 0 Å². The zero-order valence-corrected chi connectivity index (χ0v) is 8.46. The summed E-state index contributed by atoms with van der Waals surface area (Å²) >= 11 is 0. The maximum atomic E-state index is 14.2. The Labute approximate surface area is 83.1 Å². The highest BCUT2D eigenvalue weighted by molar-refractivity contribution is 5.32. The van der Waals surface area contributed by atoms with Crippen molar-refractivity contribution in [1.82, 2.24) is 4.98 Å². The second-order valence-electron chi connectivity index (χ2n) is 3.08. The Bertz CT molecular complexity index is 300. The van der Waals surface area contributed by atoms with Gasteiger partial charge in [0.15, 0.2) is 5.67 Å². The molecule has 1 aromatic heterocycles. The lowest BCUT2D eigenvalue weighted by Gasteiger charge is -2.22. The van der Waals surface area contributed by atoms with Crippen molar-refractivity contribution in [3.63, 3.8) is 0 Å². The topological polar surface area (TPSA) is 48.1 Å². The van der Waals surface area contributed by atoms with E-state index < -0.39 is 5.67 Å². The number of hydrogen-bond donors (Lipinski definition) is 1.